The summed E-state index contributed by atoms with van der Waals surface area (Å²) in [6.07, 6.45) is 0.958. The first-order valence-corrected chi connectivity index (χ1v) is 10.7. The highest BCUT2D eigenvalue weighted by Gasteiger charge is 2.09. The highest BCUT2D eigenvalue weighted by atomic mass is 32.1. The molecule has 0 aliphatic carbocycles. The number of amides is 2. The number of nitrogens with zero attached hydrogens (tertiary/aromatic N) is 1. The Morgan fingerprint density at radius 3 is 2.58 bits per heavy atom. The van der Waals surface area contributed by atoms with Crippen LogP contribution in [0.5, 0.6) is 0 Å². The molecule has 0 aliphatic rings. The third-order valence-electron chi connectivity index (χ3n) is 4.69. The molecule has 0 unspecified atom stereocenters. The molecule has 0 bridgehead atoms. The molecular weight excluding hydrogens is 413 g/mol. The van der Waals surface area contributed by atoms with Gasteiger partial charge in [-0.2, -0.15) is 0 Å². The van der Waals surface area contributed by atoms with Crippen molar-refractivity contribution in [2.24, 2.45) is 0 Å². The molecule has 0 saturated carbocycles. The summed E-state index contributed by atoms with van der Waals surface area (Å²) in [5.74, 6) is -0.769. The second-order valence-electron chi connectivity index (χ2n) is 7.01. The number of halogens is 1. The molecule has 2 N–H and O–H groups in total. The second-order valence-corrected chi connectivity index (χ2v) is 8.13. The first-order chi connectivity index (χ1) is 15.1. The van der Waals surface area contributed by atoms with Gasteiger partial charge in [-0.05, 0) is 54.1 Å². The Hall–Kier alpha value is -3.58. The molecule has 156 valence electrons. The van der Waals surface area contributed by atoms with Gasteiger partial charge in [0, 0.05) is 30.6 Å². The lowest BCUT2D eigenvalue weighted by Crippen LogP contribution is -2.23. The van der Waals surface area contributed by atoms with Gasteiger partial charge < -0.3 is 10.6 Å². The number of hydrogen-bond donors (Lipinski definition) is 2. The molecule has 0 fully saturated rings. The number of para-hydroxylation sites is 1. The molecule has 0 atom stereocenters. The van der Waals surface area contributed by atoms with E-state index in [2.05, 4.69) is 15.6 Å². The number of benzene rings is 3. The Labute approximate surface area is 183 Å². The molecule has 1 heterocycles. The molecule has 4 rings (SSSR count). The summed E-state index contributed by atoms with van der Waals surface area (Å²) in [6, 6.07) is 20.5. The smallest absolute Gasteiger partial charge is 0.255 e. The number of rotatable bonds is 7. The van der Waals surface area contributed by atoms with Gasteiger partial charge in [0.15, 0.2) is 0 Å². The van der Waals surface area contributed by atoms with Crippen molar-refractivity contribution < 1.29 is 14.0 Å². The summed E-state index contributed by atoms with van der Waals surface area (Å²) in [4.78, 5) is 29.1. The van der Waals surface area contributed by atoms with Crippen LogP contribution in [0.2, 0.25) is 0 Å². The molecule has 2 amide bonds. The van der Waals surface area contributed by atoms with E-state index in [1.54, 1.807) is 23.5 Å². The minimum atomic E-state index is -0.391. The average Bonchev–Trinajstić information content (AvgIpc) is 3.20. The minimum absolute atomic E-state index is 0.0555. The number of aromatic nitrogens is 1. The molecule has 3 aromatic carbocycles. The van der Waals surface area contributed by atoms with Crippen molar-refractivity contribution in [1.29, 1.82) is 0 Å². The van der Waals surface area contributed by atoms with Crippen molar-refractivity contribution in [3.8, 4) is 0 Å². The van der Waals surface area contributed by atoms with E-state index in [4.69, 9.17) is 0 Å². The van der Waals surface area contributed by atoms with Crippen LogP contribution in [0.15, 0.2) is 72.8 Å². The van der Waals surface area contributed by atoms with E-state index in [-0.39, 0.29) is 11.8 Å². The number of nitrogens with one attached hydrogen (secondary N) is 2. The van der Waals surface area contributed by atoms with Gasteiger partial charge in [0.2, 0.25) is 5.91 Å². The van der Waals surface area contributed by atoms with Crippen molar-refractivity contribution in [2.45, 2.75) is 19.4 Å². The van der Waals surface area contributed by atoms with Crippen molar-refractivity contribution in [2.75, 3.05) is 5.32 Å². The van der Waals surface area contributed by atoms with Gasteiger partial charge in [0.05, 0.1) is 15.2 Å². The van der Waals surface area contributed by atoms with Crippen LogP contribution in [0.3, 0.4) is 0 Å². The Morgan fingerprint density at radius 2 is 1.77 bits per heavy atom. The predicted octanol–water partition coefficient (Wildman–Crippen LogP) is 4.94. The highest BCUT2D eigenvalue weighted by Crippen LogP contribution is 2.22. The highest BCUT2D eigenvalue weighted by molar-refractivity contribution is 7.18. The van der Waals surface area contributed by atoms with Crippen LogP contribution in [-0.4, -0.2) is 16.8 Å². The van der Waals surface area contributed by atoms with Crippen LogP contribution in [0.25, 0.3) is 10.2 Å². The normalized spacial score (nSPS) is 10.7. The minimum Gasteiger partial charge on any atom is -0.352 e. The number of anilines is 1. The number of fused-ring (bicyclic) bond motifs is 1. The molecule has 31 heavy (non-hydrogen) atoms. The Balaban J connectivity index is 1.28. The predicted molar refractivity (Wildman–Crippen MR) is 121 cm³/mol. The SMILES string of the molecule is O=C(CCc1nc2ccccc2s1)NCc1cccc(NC(=O)c2ccc(F)cc2)c1. The van der Waals surface area contributed by atoms with E-state index < -0.39 is 5.82 Å². The van der Waals surface area contributed by atoms with Gasteiger partial charge >= 0.3 is 0 Å². The fourth-order valence-corrected chi connectivity index (χ4v) is 4.07. The van der Waals surface area contributed by atoms with Crippen LogP contribution in [0, 0.1) is 5.82 Å². The van der Waals surface area contributed by atoms with Crippen LogP contribution in [0.4, 0.5) is 10.1 Å². The summed E-state index contributed by atoms with van der Waals surface area (Å²) < 4.78 is 14.1. The molecule has 0 saturated heterocycles. The lowest BCUT2D eigenvalue weighted by atomic mass is 10.1. The maximum Gasteiger partial charge on any atom is 0.255 e. The molecule has 7 heteroatoms. The van der Waals surface area contributed by atoms with E-state index in [0.29, 0.717) is 30.6 Å². The van der Waals surface area contributed by atoms with Crippen LogP contribution < -0.4 is 10.6 Å². The second kappa shape index (κ2) is 9.49. The van der Waals surface area contributed by atoms with Crippen molar-refractivity contribution in [1.82, 2.24) is 10.3 Å². The number of thiazole rings is 1. The molecule has 5 nitrogen and oxygen atoms in total. The fourth-order valence-electron chi connectivity index (χ4n) is 3.10. The van der Waals surface area contributed by atoms with Crippen LogP contribution in [-0.2, 0) is 17.8 Å². The van der Waals surface area contributed by atoms with Gasteiger partial charge in [-0.25, -0.2) is 9.37 Å². The maximum absolute atomic E-state index is 13.0. The molecule has 1 aromatic heterocycles. The van der Waals surface area contributed by atoms with Gasteiger partial charge in [-0.1, -0.05) is 24.3 Å². The molecule has 4 aromatic rings. The number of aryl methyl sites for hydroxylation is 1. The Morgan fingerprint density at radius 1 is 0.968 bits per heavy atom. The van der Waals surface area contributed by atoms with E-state index in [9.17, 15) is 14.0 Å². The third-order valence-corrected chi connectivity index (χ3v) is 5.78. The van der Waals surface area contributed by atoms with Crippen molar-refractivity contribution >= 4 is 39.1 Å². The zero-order valence-electron chi connectivity index (χ0n) is 16.6. The van der Waals surface area contributed by atoms with E-state index in [1.165, 1.54) is 24.3 Å². The molecular formula is C24H20FN3O2S. The number of carbonyl (C=O) groups is 2. The Bertz CT molecular complexity index is 1190. The summed E-state index contributed by atoms with van der Waals surface area (Å²) in [5, 5.41) is 6.64. The maximum atomic E-state index is 13.0. The Kier molecular flexibility index (Phi) is 6.33. The standard InChI is InChI=1S/C24H20FN3O2S/c25-18-10-8-17(9-11-18)24(30)27-19-5-3-4-16(14-19)15-26-22(29)12-13-23-28-20-6-1-2-7-21(20)31-23/h1-11,14H,12-13,15H2,(H,26,29)(H,27,30). The topological polar surface area (TPSA) is 71.1 Å². The van der Waals surface area contributed by atoms with Gasteiger partial charge in [-0.3, -0.25) is 9.59 Å². The summed E-state index contributed by atoms with van der Waals surface area (Å²) >= 11 is 1.61. The zero-order valence-corrected chi connectivity index (χ0v) is 17.4. The number of carbonyl (C=O) groups excluding carboxylic acids is 2. The largest absolute Gasteiger partial charge is 0.352 e. The molecule has 0 aliphatic heterocycles. The molecule has 0 spiro atoms. The summed E-state index contributed by atoms with van der Waals surface area (Å²) in [5.41, 5.74) is 2.80. The van der Waals surface area contributed by atoms with E-state index in [0.717, 1.165) is 20.8 Å². The average molecular weight is 434 g/mol. The number of hydrogen-bond acceptors (Lipinski definition) is 4. The van der Waals surface area contributed by atoms with Crippen LogP contribution in [0.1, 0.15) is 27.3 Å². The van der Waals surface area contributed by atoms with E-state index >= 15 is 0 Å². The fraction of sp³-hybridized carbons (Fsp3) is 0.125. The lowest BCUT2D eigenvalue weighted by Gasteiger charge is -2.09. The lowest BCUT2D eigenvalue weighted by molar-refractivity contribution is -0.121. The first-order valence-electron chi connectivity index (χ1n) is 9.84. The van der Waals surface area contributed by atoms with Crippen molar-refractivity contribution in [3.05, 3.63) is 94.7 Å². The molecule has 0 radical (unpaired) electrons. The zero-order chi connectivity index (χ0) is 21.6. The van der Waals surface area contributed by atoms with Crippen molar-refractivity contribution in [3.63, 3.8) is 0 Å². The van der Waals surface area contributed by atoms with E-state index in [1.807, 2.05) is 36.4 Å². The monoisotopic (exact) mass is 433 g/mol. The quantitative estimate of drug-likeness (QED) is 0.434. The van der Waals surface area contributed by atoms with Gasteiger partial charge in [0.1, 0.15) is 5.82 Å². The summed E-state index contributed by atoms with van der Waals surface area (Å²) in [7, 11) is 0. The first kappa shape index (κ1) is 20.7. The third kappa shape index (κ3) is 5.52. The van der Waals surface area contributed by atoms with Crippen LogP contribution >= 0.6 is 11.3 Å². The summed E-state index contributed by atoms with van der Waals surface area (Å²) in [6.45, 7) is 0.360. The van der Waals surface area contributed by atoms with Gasteiger partial charge in [-0.15, -0.1) is 11.3 Å². The van der Waals surface area contributed by atoms with Gasteiger partial charge in [0.25, 0.3) is 5.91 Å².